The summed E-state index contributed by atoms with van der Waals surface area (Å²) in [5.74, 6) is -3.13. The van der Waals surface area contributed by atoms with Crippen LogP contribution in [0.5, 0.6) is 0 Å². The summed E-state index contributed by atoms with van der Waals surface area (Å²) in [6, 6.07) is 6.68. The molecule has 0 amide bonds. The van der Waals surface area contributed by atoms with Crippen LogP contribution in [0.25, 0.3) is 0 Å². The summed E-state index contributed by atoms with van der Waals surface area (Å²) in [5, 5.41) is 0. The molecule has 0 radical (unpaired) electrons. The highest BCUT2D eigenvalue weighted by atomic mass is 19.3. The van der Waals surface area contributed by atoms with Gasteiger partial charge in [0.1, 0.15) is 0 Å². The molecule has 0 saturated heterocycles. The van der Waals surface area contributed by atoms with Gasteiger partial charge in [-0.25, -0.2) is 8.78 Å². The monoisotopic (exact) mass is 241 g/mol. The molecule has 0 aliphatic rings. The summed E-state index contributed by atoms with van der Waals surface area (Å²) in [4.78, 5) is 0. The van der Waals surface area contributed by atoms with E-state index in [-0.39, 0.29) is 5.56 Å². The van der Waals surface area contributed by atoms with Crippen LogP contribution < -0.4 is 5.73 Å². The van der Waals surface area contributed by atoms with Gasteiger partial charge in [0.25, 0.3) is 5.92 Å². The second kappa shape index (κ2) is 5.58. The number of alkyl halides is 2. The van der Waals surface area contributed by atoms with Crippen molar-refractivity contribution >= 4 is 0 Å². The molecule has 0 aliphatic heterocycles. The topological polar surface area (TPSA) is 26.0 Å². The van der Waals surface area contributed by atoms with Gasteiger partial charge in [-0.15, -0.1) is 0 Å². The van der Waals surface area contributed by atoms with Gasteiger partial charge in [0, 0.05) is 11.5 Å². The first-order valence-corrected chi connectivity index (χ1v) is 6.05. The predicted molar refractivity (Wildman–Crippen MR) is 67.1 cm³/mol. The molecule has 1 rings (SSSR count). The van der Waals surface area contributed by atoms with Crippen LogP contribution >= 0.6 is 0 Å². The fourth-order valence-electron chi connectivity index (χ4n) is 1.72. The molecule has 2 N–H and O–H groups in total. The van der Waals surface area contributed by atoms with Gasteiger partial charge in [0.2, 0.25) is 0 Å². The van der Waals surface area contributed by atoms with E-state index in [1.54, 1.807) is 12.1 Å². The molecule has 0 aromatic heterocycles. The van der Waals surface area contributed by atoms with E-state index in [2.05, 4.69) is 0 Å². The van der Waals surface area contributed by atoms with Gasteiger partial charge in [0.15, 0.2) is 0 Å². The molecule has 1 nitrogen and oxygen atoms in total. The molecular formula is C14H21F2N. The average Bonchev–Trinajstić information content (AvgIpc) is 2.29. The first kappa shape index (κ1) is 14.1. The van der Waals surface area contributed by atoms with Crippen molar-refractivity contribution in [2.75, 3.05) is 6.54 Å². The normalized spacial score (nSPS) is 14.1. The number of halogens is 2. The lowest BCUT2D eigenvalue weighted by Gasteiger charge is -2.21. The lowest BCUT2D eigenvalue weighted by Crippen LogP contribution is -2.21. The molecule has 1 atom stereocenters. The van der Waals surface area contributed by atoms with Crippen LogP contribution in [0.15, 0.2) is 24.3 Å². The van der Waals surface area contributed by atoms with Crippen molar-refractivity contribution in [2.24, 2.45) is 17.6 Å². The van der Waals surface area contributed by atoms with Crippen LogP contribution in [0.1, 0.15) is 31.9 Å². The maximum absolute atomic E-state index is 13.9. The van der Waals surface area contributed by atoms with Gasteiger partial charge in [-0.2, -0.15) is 0 Å². The van der Waals surface area contributed by atoms with Crippen molar-refractivity contribution in [2.45, 2.75) is 33.1 Å². The Morgan fingerprint density at radius 1 is 1.24 bits per heavy atom. The third kappa shape index (κ3) is 3.50. The molecule has 1 aromatic carbocycles. The number of benzene rings is 1. The number of rotatable bonds is 5. The van der Waals surface area contributed by atoms with E-state index < -0.39 is 11.8 Å². The minimum absolute atomic E-state index is 0.106. The second-order valence-corrected chi connectivity index (χ2v) is 5.02. The number of hydrogen-bond acceptors (Lipinski definition) is 1. The molecule has 0 aliphatic carbocycles. The Bertz CT molecular complexity index is 361. The highest BCUT2D eigenvalue weighted by Gasteiger charge is 2.35. The van der Waals surface area contributed by atoms with Gasteiger partial charge in [0.05, 0.1) is 0 Å². The first-order valence-electron chi connectivity index (χ1n) is 6.05. The van der Waals surface area contributed by atoms with Gasteiger partial charge < -0.3 is 5.73 Å². The Kier molecular flexibility index (Phi) is 4.63. The predicted octanol–water partition coefficient (Wildman–Crippen LogP) is 3.57. The molecule has 1 aromatic rings. The van der Waals surface area contributed by atoms with Gasteiger partial charge in [-0.1, -0.05) is 39.0 Å². The van der Waals surface area contributed by atoms with E-state index >= 15 is 0 Å². The molecule has 96 valence electrons. The third-order valence-electron chi connectivity index (χ3n) is 3.02. The highest BCUT2D eigenvalue weighted by molar-refractivity contribution is 5.27. The van der Waals surface area contributed by atoms with E-state index in [0.29, 0.717) is 12.5 Å². The van der Waals surface area contributed by atoms with Crippen molar-refractivity contribution in [1.29, 1.82) is 0 Å². The molecule has 0 saturated carbocycles. The van der Waals surface area contributed by atoms with Crippen LogP contribution in [0.3, 0.4) is 0 Å². The molecule has 17 heavy (non-hydrogen) atoms. The lowest BCUT2D eigenvalue weighted by molar-refractivity contribution is -0.0514. The van der Waals surface area contributed by atoms with Crippen LogP contribution in [0, 0.1) is 11.8 Å². The fourth-order valence-corrected chi connectivity index (χ4v) is 1.72. The van der Waals surface area contributed by atoms with Crippen LogP contribution in [0.4, 0.5) is 8.78 Å². The maximum atomic E-state index is 13.9. The van der Waals surface area contributed by atoms with Crippen molar-refractivity contribution < 1.29 is 8.78 Å². The van der Waals surface area contributed by atoms with E-state index in [4.69, 9.17) is 5.73 Å². The Hall–Kier alpha value is -0.960. The van der Waals surface area contributed by atoms with Crippen molar-refractivity contribution in [3.05, 3.63) is 35.4 Å². The molecule has 0 spiro atoms. The first-order chi connectivity index (χ1) is 7.87. The van der Waals surface area contributed by atoms with Crippen LogP contribution in [0.2, 0.25) is 0 Å². The van der Waals surface area contributed by atoms with Crippen molar-refractivity contribution in [1.82, 2.24) is 0 Å². The molecule has 1 unspecified atom stereocenters. The van der Waals surface area contributed by atoms with E-state index in [1.165, 1.54) is 19.9 Å². The zero-order chi connectivity index (χ0) is 13.1. The average molecular weight is 241 g/mol. The van der Waals surface area contributed by atoms with E-state index in [1.807, 2.05) is 13.0 Å². The van der Waals surface area contributed by atoms with Gasteiger partial charge in [-0.05, 0) is 30.5 Å². The van der Waals surface area contributed by atoms with Crippen LogP contribution in [-0.2, 0) is 12.3 Å². The molecular weight excluding hydrogens is 220 g/mol. The smallest absolute Gasteiger partial charge is 0.275 e. The second-order valence-electron chi connectivity index (χ2n) is 5.02. The minimum Gasteiger partial charge on any atom is -0.330 e. The summed E-state index contributed by atoms with van der Waals surface area (Å²) < 4.78 is 27.7. The van der Waals surface area contributed by atoms with Gasteiger partial charge >= 0.3 is 0 Å². The summed E-state index contributed by atoms with van der Waals surface area (Å²) in [7, 11) is 0. The Balaban J connectivity index is 2.93. The molecule has 3 heteroatoms. The van der Waals surface area contributed by atoms with Crippen LogP contribution in [-0.4, -0.2) is 6.54 Å². The summed E-state index contributed by atoms with van der Waals surface area (Å²) in [6.45, 7) is 5.67. The lowest BCUT2D eigenvalue weighted by atomic mass is 9.93. The highest BCUT2D eigenvalue weighted by Crippen LogP contribution is 2.35. The summed E-state index contributed by atoms with van der Waals surface area (Å²) >= 11 is 0. The number of hydrogen-bond donors (Lipinski definition) is 1. The Morgan fingerprint density at radius 3 is 2.41 bits per heavy atom. The number of nitrogens with two attached hydrogens (primary N) is 1. The van der Waals surface area contributed by atoms with E-state index in [0.717, 1.165) is 12.0 Å². The maximum Gasteiger partial charge on any atom is 0.275 e. The Morgan fingerprint density at radius 2 is 1.88 bits per heavy atom. The van der Waals surface area contributed by atoms with Gasteiger partial charge in [-0.3, -0.25) is 0 Å². The quantitative estimate of drug-likeness (QED) is 0.838. The third-order valence-corrected chi connectivity index (χ3v) is 3.02. The largest absolute Gasteiger partial charge is 0.330 e. The Labute approximate surface area is 102 Å². The minimum atomic E-state index is -2.76. The fraction of sp³-hybridized carbons (Fsp3) is 0.571. The standard InChI is InChI=1S/C14H21F2N/c1-10(2)14(15,16)13-6-4-5-12(8-13)7-11(3)9-17/h4-6,8,10-11H,7,9,17H2,1-3H3. The molecule has 0 fully saturated rings. The van der Waals surface area contributed by atoms with Crippen molar-refractivity contribution in [3.63, 3.8) is 0 Å². The zero-order valence-electron chi connectivity index (χ0n) is 10.7. The molecule has 0 heterocycles. The summed E-state index contributed by atoms with van der Waals surface area (Å²) in [5.41, 5.74) is 6.58. The zero-order valence-corrected chi connectivity index (χ0v) is 10.7. The van der Waals surface area contributed by atoms with E-state index in [9.17, 15) is 8.78 Å². The van der Waals surface area contributed by atoms with Crippen molar-refractivity contribution in [3.8, 4) is 0 Å². The summed E-state index contributed by atoms with van der Waals surface area (Å²) in [6.07, 6.45) is 0.749. The molecule has 0 bridgehead atoms. The SMILES string of the molecule is CC(CN)Cc1cccc(C(F)(F)C(C)C)c1.